The minimum atomic E-state index is 0.428. The van der Waals surface area contributed by atoms with Crippen molar-refractivity contribution in [1.29, 1.82) is 0 Å². The molecule has 1 saturated heterocycles. The zero-order chi connectivity index (χ0) is 17.2. The average Bonchev–Trinajstić information content (AvgIpc) is 3.01. The van der Waals surface area contributed by atoms with Gasteiger partial charge in [0.15, 0.2) is 0 Å². The Labute approximate surface area is 154 Å². The van der Waals surface area contributed by atoms with Gasteiger partial charge in [0.2, 0.25) is 0 Å². The van der Waals surface area contributed by atoms with Crippen LogP contribution in [0.15, 0.2) is 6.33 Å². The summed E-state index contributed by atoms with van der Waals surface area (Å²) in [6, 6.07) is 0.428. The van der Waals surface area contributed by atoms with Gasteiger partial charge in [0.05, 0.1) is 5.39 Å². The summed E-state index contributed by atoms with van der Waals surface area (Å²) in [5.41, 5.74) is 1.51. The van der Waals surface area contributed by atoms with E-state index < -0.39 is 0 Å². The predicted octanol–water partition coefficient (Wildman–Crippen LogP) is 3.01. The minimum Gasteiger partial charge on any atom is -0.367 e. The third-order valence-corrected chi connectivity index (χ3v) is 6.81. The monoisotopic (exact) mass is 359 g/mol. The van der Waals surface area contributed by atoms with Crippen molar-refractivity contribution in [1.82, 2.24) is 19.8 Å². The smallest absolute Gasteiger partial charge is 0.138 e. The molecule has 0 radical (unpaired) electrons. The van der Waals surface area contributed by atoms with Crippen molar-refractivity contribution in [3.05, 3.63) is 16.8 Å². The number of nitrogens with one attached hydrogen (secondary N) is 1. The minimum absolute atomic E-state index is 0.428. The number of fused-ring (bicyclic) bond motifs is 3. The SMILES string of the molecule is CC(CCN1CCN(C)CC1)Nc1ncnc2sc3c(c12)CCCC3. The van der Waals surface area contributed by atoms with Gasteiger partial charge in [-0.25, -0.2) is 9.97 Å². The van der Waals surface area contributed by atoms with Crippen LogP contribution in [-0.2, 0) is 12.8 Å². The van der Waals surface area contributed by atoms with E-state index >= 15 is 0 Å². The van der Waals surface area contributed by atoms with Crippen molar-refractivity contribution in [2.45, 2.75) is 45.1 Å². The van der Waals surface area contributed by atoms with Crippen LogP contribution in [-0.4, -0.2) is 65.6 Å². The first kappa shape index (κ1) is 17.2. The molecule has 1 N–H and O–H groups in total. The van der Waals surface area contributed by atoms with Crippen molar-refractivity contribution in [2.24, 2.45) is 0 Å². The van der Waals surface area contributed by atoms with Gasteiger partial charge in [-0.2, -0.15) is 0 Å². The Bertz CT molecular complexity index is 720. The van der Waals surface area contributed by atoms with Gasteiger partial charge < -0.3 is 15.1 Å². The van der Waals surface area contributed by atoms with Crippen LogP contribution in [0, 0.1) is 0 Å². The molecule has 3 heterocycles. The van der Waals surface area contributed by atoms with E-state index in [1.165, 1.54) is 67.7 Å². The van der Waals surface area contributed by atoms with Crippen LogP contribution in [0.1, 0.15) is 36.6 Å². The first-order valence-electron chi connectivity index (χ1n) is 9.63. The summed E-state index contributed by atoms with van der Waals surface area (Å²) in [7, 11) is 2.21. The van der Waals surface area contributed by atoms with Gasteiger partial charge in [0, 0.05) is 43.6 Å². The lowest BCUT2D eigenvalue weighted by atomic mass is 9.97. The Kier molecular flexibility index (Phi) is 5.20. The molecule has 2 aromatic heterocycles. The van der Waals surface area contributed by atoms with Gasteiger partial charge >= 0.3 is 0 Å². The topological polar surface area (TPSA) is 44.3 Å². The Morgan fingerprint density at radius 3 is 2.80 bits per heavy atom. The number of rotatable bonds is 5. The number of thiophene rings is 1. The molecular formula is C19H29N5S. The van der Waals surface area contributed by atoms with Crippen LogP contribution in [0.4, 0.5) is 5.82 Å². The maximum atomic E-state index is 4.60. The fraction of sp³-hybridized carbons (Fsp3) is 0.684. The number of piperazine rings is 1. The maximum Gasteiger partial charge on any atom is 0.138 e. The van der Waals surface area contributed by atoms with Crippen molar-refractivity contribution in [2.75, 3.05) is 45.1 Å². The molecule has 6 heteroatoms. The van der Waals surface area contributed by atoms with E-state index in [4.69, 9.17) is 0 Å². The van der Waals surface area contributed by atoms with Gasteiger partial charge in [-0.15, -0.1) is 11.3 Å². The largest absolute Gasteiger partial charge is 0.367 e. The summed E-state index contributed by atoms with van der Waals surface area (Å²) in [5.74, 6) is 1.05. The molecule has 136 valence electrons. The molecule has 5 nitrogen and oxygen atoms in total. The third-order valence-electron chi connectivity index (χ3n) is 5.61. The highest BCUT2D eigenvalue weighted by Gasteiger charge is 2.21. The lowest BCUT2D eigenvalue weighted by Gasteiger charge is -2.33. The summed E-state index contributed by atoms with van der Waals surface area (Å²) >= 11 is 1.87. The van der Waals surface area contributed by atoms with Crippen LogP contribution < -0.4 is 5.32 Å². The highest BCUT2D eigenvalue weighted by atomic mass is 32.1. The molecule has 0 amide bonds. The van der Waals surface area contributed by atoms with Crippen LogP contribution in [0.5, 0.6) is 0 Å². The fourth-order valence-electron chi connectivity index (χ4n) is 3.95. The third kappa shape index (κ3) is 3.81. The second kappa shape index (κ2) is 7.56. The highest BCUT2D eigenvalue weighted by Crippen LogP contribution is 2.38. The Morgan fingerprint density at radius 1 is 1.16 bits per heavy atom. The van der Waals surface area contributed by atoms with Crippen LogP contribution in [0.25, 0.3) is 10.2 Å². The molecule has 25 heavy (non-hydrogen) atoms. The van der Waals surface area contributed by atoms with Crippen LogP contribution in [0.2, 0.25) is 0 Å². The number of hydrogen-bond acceptors (Lipinski definition) is 6. The standard InChI is InChI=1S/C19H29N5S/c1-14(7-8-24-11-9-23(2)10-12-24)22-18-17-15-5-3-4-6-16(15)25-19(17)21-13-20-18/h13-14H,3-12H2,1-2H3,(H,20,21,22). The molecule has 0 saturated carbocycles. The van der Waals surface area contributed by atoms with Crippen LogP contribution >= 0.6 is 11.3 Å². The van der Waals surface area contributed by atoms with E-state index in [9.17, 15) is 0 Å². The Morgan fingerprint density at radius 2 is 1.96 bits per heavy atom. The molecule has 4 rings (SSSR count). The molecule has 2 aromatic rings. The number of hydrogen-bond donors (Lipinski definition) is 1. The van der Waals surface area contributed by atoms with E-state index in [2.05, 4.69) is 39.1 Å². The molecule has 1 fully saturated rings. The summed E-state index contributed by atoms with van der Waals surface area (Å²) < 4.78 is 0. The lowest BCUT2D eigenvalue weighted by molar-refractivity contribution is 0.151. The van der Waals surface area contributed by atoms with Gasteiger partial charge in [0.1, 0.15) is 17.0 Å². The molecular weight excluding hydrogens is 330 g/mol. The summed E-state index contributed by atoms with van der Waals surface area (Å²) in [4.78, 5) is 16.8. The zero-order valence-electron chi connectivity index (χ0n) is 15.4. The van der Waals surface area contributed by atoms with E-state index in [-0.39, 0.29) is 0 Å². The Balaban J connectivity index is 1.42. The zero-order valence-corrected chi connectivity index (χ0v) is 16.2. The van der Waals surface area contributed by atoms with E-state index in [1.807, 2.05) is 11.3 Å². The summed E-state index contributed by atoms with van der Waals surface area (Å²) in [5, 5.41) is 4.99. The number of aromatic nitrogens is 2. The van der Waals surface area contributed by atoms with Crippen molar-refractivity contribution in [3.8, 4) is 0 Å². The predicted molar refractivity (Wildman–Crippen MR) is 106 cm³/mol. The van der Waals surface area contributed by atoms with Crippen molar-refractivity contribution < 1.29 is 0 Å². The second-order valence-electron chi connectivity index (χ2n) is 7.59. The van der Waals surface area contributed by atoms with E-state index in [1.54, 1.807) is 6.33 Å². The highest BCUT2D eigenvalue weighted by molar-refractivity contribution is 7.19. The van der Waals surface area contributed by atoms with E-state index in [0.29, 0.717) is 6.04 Å². The van der Waals surface area contributed by atoms with Gasteiger partial charge in [-0.3, -0.25) is 0 Å². The lowest BCUT2D eigenvalue weighted by Crippen LogP contribution is -2.45. The Hall–Kier alpha value is -1.24. The van der Waals surface area contributed by atoms with Crippen molar-refractivity contribution in [3.63, 3.8) is 0 Å². The average molecular weight is 360 g/mol. The van der Waals surface area contributed by atoms with Gasteiger partial charge in [-0.1, -0.05) is 0 Å². The maximum absolute atomic E-state index is 4.60. The molecule has 0 bridgehead atoms. The fourth-order valence-corrected chi connectivity index (χ4v) is 5.18. The quantitative estimate of drug-likeness (QED) is 0.889. The first-order chi connectivity index (χ1) is 12.2. The second-order valence-corrected chi connectivity index (χ2v) is 8.68. The van der Waals surface area contributed by atoms with Gasteiger partial charge in [0.25, 0.3) is 0 Å². The molecule has 2 aliphatic rings. The molecule has 0 aromatic carbocycles. The summed E-state index contributed by atoms with van der Waals surface area (Å²) in [6.45, 7) is 8.21. The normalized spacial score (nSPS) is 20.6. The number of nitrogens with zero attached hydrogens (tertiary/aromatic N) is 4. The molecule has 1 unspecified atom stereocenters. The summed E-state index contributed by atoms with van der Waals surface area (Å²) in [6.07, 6.45) is 7.90. The number of anilines is 1. The van der Waals surface area contributed by atoms with E-state index in [0.717, 1.165) is 23.6 Å². The van der Waals surface area contributed by atoms with Crippen molar-refractivity contribution >= 4 is 27.4 Å². The molecule has 1 aliphatic heterocycles. The first-order valence-corrected chi connectivity index (χ1v) is 10.4. The van der Waals surface area contributed by atoms with Crippen LogP contribution in [0.3, 0.4) is 0 Å². The molecule has 1 aliphatic carbocycles. The molecule has 0 spiro atoms. The molecule has 1 atom stereocenters. The number of likely N-dealkylation sites (N-methyl/N-ethyl adjacent to an activating group) is 1. The van der Waals surface area contributed by atoms with Gasteiger partial charge in [-0.05, 0) is 51.6 Å². The number of aryl methyl sites for hydroxylation is 2.